The van der Waals surface area contributed by atoms with Crippen LogP contribution in [-0.2, 0) is 66.1 Å². The molecule has 0 atom stereocenters. The first-order valence-corrected chi connectivity index (χ1v) is 32.2. The van der Waals surface area contributed by atoms with Crippen LogP contribution in [0.1, 0.15) is 154 Å². The Labute approximate surface area is 536 Å². The van der Waals surface area contributed by atoms with E-state index in [9.17, 15) is 27.6 Å². The first kappa shape index (κ1) is 61.9. The van der Waals surface area contributed by atoms with Gasteiger partial charge in [0.25, 0.3) is 10.1 Å². The molecule has 0 amide bonds. The van der Waals surface area contributed by atoms with E-state index in [1.54, 1.807) is 6.07 Å². The summed E-state index contributed by atoms with van der Waals surface area (Å²) in [6.45, 7) is 2.37. The normalized spacial score (nSPS) is 14.5. The van der Waals surface area contributed by atoms with Gasteiger partial charge in [-0.05, 0) is 109 Å². The quantitative estimate of drug-likeness (QED) is 0.0320. The standard InChI is InChI=1S/C36H38N2O7S.C35H34N2O4.Na.H/c1-43-35(39)27-17-18-28-31(22-27)38(19-10-20-45-46(2,41)42)34(32(28)25-13-7-4-8-14-25)29-16-9-15-26-21-30(37-33(26)29)36(40)44-23-24-11-5-3-6-12-24;1-40-34(38)26-16-17-27-29(21-26)36-18-9-19-37-30(35(39)41-22-23-10-4-2-5-11-23)20-25-14-8-15-28(32(25)37)33(36)31(27)24-12-6-3-7-13-24;;/h3,5-6,9,11-12,15-18,21-22,25,37H,4,7-8,10,13-14,19-20,23H2,1-2H3;2,4-5,8,10-11,14-17,20-21,24H,3,6-7,9,12-13,18-19,22H2,1H3;;/q;;+1;-1. The molecule has 0 saturated heterocycles. The second-order valence-corrected chi connectivity index (χ2v) is 24.8. The fraction of sp³-hybridized carbons (Fsp3) is 0.324. The number of nitrogens with one attached hydrogen (secondary N) is 1. The van der Waals surface area contributed by atoms with Crippen LogP contribution in [0, 0.1) is 0 Å². The Morgan fingerprint density at radius 1 is 0.557 bits per heavy atom. The molecule has 0 unspecified atom stereocenters. The average Bonchev–Trinajstić information content (AvgIpc) is 1.59. The van der Waals surface area contributed by atoms with Crippen LogP contribution in [0.4, 0.5) is 0 Å². The number of hydrogen-bond donors (Lipinski definition) is 1. The Kier molecular flexibility index (Phi) is 19.2. The van der Waals surface area contributed by atoms with E-state index >= 15 is 0 Å². The summed E-state index contributed by atoms with van der Waals surface area (Å²) in [4.78, 5) is 55.1. The van der Waals surface area contributed by atoms with E-state index in [1.807, 2.05) is 115 Å². The molecular weight excluding hydrogens is 1140 g/mol. The van der Waals surface area contributed by atoms with Crippen molar-refractivity contribution in [1.29, 1.82) is 0 Å². The van der Waals surface area contributed by atoms with Gasteiger partial charge in [0.15, 0.2) is 0 Å². The zero-order valence-electron chi connectivity index (χ0n) is 51.5. The minimum atomic E-state index is -3.59. The first-order valence-electron chi connectivity index (χ1n) is 30.4. The van der Waals surface area contributed by atoms with Gasteiger partial charge >= 0.3 is 53.4 Å². The van der Waals surface area contributed by atoms with Crippen LogP contribution < -0.4 is 29.6 Å². The number of carbonyl (C=O) groups is 4. The minimum absolute atomic E-state index is 0. The Hall–Kier alpha value is -7.73. The number of ether oxygens (including phenoxy) is 4. The summed E-state index contributed by atoms with van der Waals surface area (Å²) >= 11 is 0. The molecule has 3 aliphatic rings. The smallest absolute Gasteiger partial charge is 1.00 e. The van der Waals surface area contributed by atoms with E-state index in [2.05, 4.69) is 43.0 Å². The Morgan fingerprint density at radius 2 is 1.10 bits per heavy atom. The van der Waals surface area contributed by atoms with Crippen LogP contribution in [0.5, 0.6) is 0 Å². The predicted molar refractivity (Wildman–Crippen MR) is 339 cm³/mol. The number of carbonyl (C=O) groups excluding carboxylic acids is 4. The molecule has 450 valence electrons. The molecule has 0 radical (unpaired) electrons. The molecule has 0 bridgehead atoms. The molecule has 6 aromatic carbocycles. The Balaban J connectivity index is 0.000000193. The van der Waals surface area contributed by atoms with E-state index in [0.717, 1.165) is 111 Å². The third kappa shape index (κ3) is 12.9. The summed E-state index contributed by atoms with van der Waals surface area (Å²) < 4.78 is 56.8. The molecular formula is C71H73N4NaO11S. The van der Waals surface area contributed by atoms with E-state index in [0.29, 0.717) is 53.9 Å². The van der Waals surface area contributed by atoms with Crippen molar-refractivity contribution in [3.8, 4) is 22.5 Å². The third-order valence-corrected chi connectivity index (χ3v) is 18.2. The van der Waals surface area contributed by atoms with E-state index in [-0.39, 0.29) is 62.7 Å². The number of aromatic nitrogens is 4. The van der Waals surface area contributed by atoms with Gasteiger partial charge in [-0.25, -0.2) is 19.2 Å². The maximum absolute atomic E-state index is 13.4. The van der Waals surface area contributed by atoms with Gasteiger partial charge in [-0.3, -0.25) is 4.18 Å². The van der Waals surface area contributed by atoms with E-state index < -0.39 is 22.1 Å². The summed E-state index contributed by atoms with van der Waals surface area (Å²) in [6.07, 6.45) is 13.9. The van der Waals surface area contributed by atoms with Gasteiger partial charge in [-0.1, -0.05) is 148 Å². The van der Waals surface area contributed by atoms with Crippen molar-refractivity contribution in [3.63, 3.8) is 0 Å². The van der Waals surface area contributed by atoms with Crippen molar-refractivity contribution >= 4 is 77.6 Å². The van der Waals surface area contributed by atoms with Gasteiger partial charge in [0, 0.05) is 63.3 Å². The second kappa shape index (κ2) is 27.3. The molecule has 88 heavy (non-hydrogen) atoms. The number of esters is 4. The van der Waals surface area contributed by atoms with Crippen molar-refractivity contribution < 1.29 is 81.7 Å². The second-order valence-electron chi connectivity index (χ2n) is 23.2. The zero-order valence-corrected chi connectivity index (χ0v) is 53.3. The number of rotatable bonds is 16. The molecule has 5 heterocycles. The van der Waals surface area contributed by atoms with E-state index in [4.69, 9.17) is 23.1 Å². The molecule has 2 fully saturated rings. The molecule has 4 aromatic heterocycles. The van der Waals surface area contributed by atoms with Crippen LogP contribution in [0.2, 0.25) is 0 Å². The maximum Gasteiger partial charge on any atom is 1.00 e. The van der Waals surface area contributed by atoms with Gasteiger partial charge in [0.2, 0.25) is 0 Å². The fourth-order valence-corrected chi connectivity index (χ4v) is 14.1. The van der Waals surface area contributed by atoms with Crippen LogP contribution >= 0.6 is 0 Å². The number of fused-ring (bicyclic) bond motifs is 6. The summed E-state index contributed by atoms with van der Waals surface area (Å²) in [7, 11) is -0.800. The maximum atomic E-state index is 13.4. The van der Waals surface area contributed by atoms with Crippen molar-refractivity contribution in [2.45, 2.75) is 122 Å². The summed E-state index contributed by atoms with van der Waals surface area (Å²) in [5.74, 6) is -0.737. The van der Waals surface area contributed by atoms with Crippen LogP contribution in [0.25, 0.3) is 66.1 Å². The van der Waals surface area contributed by atoms with Gasteiger partial charge < -0.3 is 39.1 Å². The van der Waals surface area contributed by atoms with Gasteiger partial charge in [0.1, 0.15) is 24.6 Å². The molecule has 17 heteroatoms. The molecule has 2 aliphatic carbocycles. The average molecular weight is 1210 g/mol. The van der Waals surface area contributed by atoms with Crippen LogP contribution in [0.3, 0.4) is 0 Å². The van der Waals surface area contributed by atoms with Crippen LogP contribution in [-0.4, -0.2) is 78.1 Å². The van der Waals surface area contributed by atoms with Gasteiger partial charge in [0.05, 0.1) is 60.6 Å². The Morgan fingerprint density at radius 3 is 1.70 bits per heavy atom. The van der Waals surface area contributed by atoms with Crippen LogP contribution in [0.15, 0.2) is 146 Å². The number of methoxy groups -OCH3 is 2. The SMILES string of the molecule is COC(=O)c1ccc2c(C3CCCCC3)c(-c3cccc4cc(C(=O)OCc5ccccc5)[nH]c34)n(CCCOS(C)(=O)=O)c2c1.COC(=O)c1ccc2c(C3CCCCC3)c3n(c2c1)CCCn1c(C(=O)OCc2ccccc2)cc2cccc-3c21.[H-].[Na+]. The molecule has 0 spiro atoms. The van der Waals surface area contributed by atoms with E-state index in [1.165, 1.54) is 75.0 Å². The monoisotopic (exact) mass is 1210 g/mol. The molecule has 15 nitrogen and oxygen atoms in total. The number of hydrogen-bond acceptors (Lipinski definition) is 11. The predicted octanol–water partition coefficient (Wildman–Crippen LogP) is 12.3. The van der Waals surface area contributed by atoms with Crippen molar-refractivity contribution in [3.05, 3.63) is 190 Å². The minimum Gasteiger partial charge on any atom is -1.00 e. The number of aryl methyl sites for hydroxylation is 3. The number of para-hydroxylation sites is 2. The number of H-pyrrole nitrogens is 1. The van der Waals surface area contributed by atoms with Gasteiger partial charge in [-0.15, -0.1) is 0 Å². The fourth-order valence-electron chi connectivity index (χ4n) is 13.7. The topological polar surface area (TPSA) is 179 Å². The molecule has 2 saturated carbocycles. The zero-order chi connectivity index (χ0) is 60.2. The number of benzene rings is 6. The summed E-state index contributed by atoms with van der Waals surface area (Å²) in [5, 5.41) is 4.17. The Bertz CT molecular complexity index is 4330. The summed E-state index contributed by atoms with van der Waals surface area (Å²) in [6, 6.07) is 47.2. The molecule has 1 N–H and O–H groups in total. The van der Waals surface area contributed by atoms with Crippen molar-refractivity contribution in [1.82, 2.24) is 18.7 Å². The molecule has 13 rings (SSSR count). The molecule has 1 aliphatic heterocycles. The molecule has 10 aromatic rings. The number of nitrogens with zero attached hydrogens (tertiary/aromatic N) is 3. The number of aromatic amines is 1. The first-order chi connectivity index (χ1) is 42.4. The van der Waals surface area contributed by atoms with Crippen molar-refractivity contribution in [2.24, 2.45) is 0 Å². The largest absolute Gasteiger partial charge is 1.00 e. The van der Waals surface area contributed by atoms with Crippen molar-refractivity contribution in [2.75, 3.05) is 27.1 Å². The van der Waals surface area contributed by atoms with Gasteiger partial charge in [-0.2, -0.15) is 8.42 Å². The summed E-state index contributed by atoms with van der Waals surface area (Å²) in [5.41, 5.74) is 14.5. The third-order valence-electron chi connectivity index (χ3n) is 17.6.